The molecule has 1 amide bonds. The van der Waals surface area contributed by atoms with E-state index in [4.69, 9.17) is 4.74 Å². The highest BCUT2D eigenvalue weighted by atomic mass is 16.5. The minimum atomic E-state index is -1.92. The zero-order valence-electron chi connectivity index (χ0n) is 15.9. The summed E-state index contributed by atoms with van der Waals surface area (Å²) >= 11 is 0. The summed E-state index contributed by atoms with van der Waals surface area (Å²) in [6.45, 7) is 2.34. The number of ether oxygens (including phenoxy) is 1. The van der Waals surface area contributed by atoms with Crippen LogP contribution in [0.4, 0.5) is 0 Å². The van der Waals surface area contributed by atoms with Gasteiger partial charge in [0.1, 0.15) is 11.5 Å². The van der Waals surface area contributed by atoms with Crippen LogP contribution in [0.3, 0.4) is 0 Å². The molecule has 0 saturated heterocycles. The van der Waals surface area contributed by atoms with Crippen molar-refractivity contribution in [3.63, 3.8) is 0 Å². The first-order chi connectivity index (χ1) is 14.1. The van der Waals surface area contributed by atoms with E-state index in [9.17, 15) is 15.0 Å². The molecule has 0 atom stereocenters. The predicted octanol–water partition coefficient (Wildman–Crippen LogP) is 3.18. The number of amides is 1. The SMILES string of the molecule is CCOc1ccc(/C=N/NC(=O)C(O)(c2ccccc2)c2ccccc2)c(O)c1. The second-order valence-corrected chi connectivity index (χ2v) is 6.30. The third-order valence-electron chi connectivity index (χ3n) is 4.39. The van der Waals surface area contributed by atoms with E-state index in [0.717, 1.165) is 0 Å². The molecule has 0 aliphatic rings. The maximum atomic E-state index is 12.9. The number of carbonyl (C=O) groups excluding carboxylic acids is 1. The highest BCUT2D eigenvalue weighted by molar-refractivity contribution is 5.91. The Morgan fingerprint density at radius 2 is 1.62 bits per heavy atom. The molecular formula is C23H22N2O4. The first kappa shape index (κ1) is 20.1. The van der Waals surface area contributed by atoms with Crippen LogP contribution in [0.25, 0.3) is 0 Å². The van der Waals surface area contributed by atoms with Crippen LogP contribution in [0.15, 0.2) is 84.0 Å². The molecule has 0 radical (unpaired) electrons. The number of carbonyl (C=O) groups is 1. The van der Waals surface area contributed by atoms with Crippen molar-refractivity contribution < 1.29 is 19.7 Å². The Morgan fingerprint density at radius 3 is 2.14 bits per heavy atom. The number of nitrogens with one attached hydrogen (secondary N) is 1. The summed E-state index contributed by atoms with van der Waals surface area (Å²) in [7, 11) is 0. The van der Waals surface area contributed by atoms with E-state index in [1.54, 1.807) is 72.8 Å². The molecule has 0 aliphatic heterocycles. The normalized spacial score (nSPS) is 11.4. The van der Waals surface area contributed by atoms with Gasteiger partial charge in [0.15, 0.2) is 5.60 Å². The largest absolute Gasteiger partial charge is 0.507 e. The molecular weight excluding hydrogens is 368 g/mol. The lowest BCUT2D eigenvalue weighted by atomic mass is 9.85. The second kappa shape index (κ2) is 9.03. The van der Waals surface area contributed by atoms with Gasteiger partial charge in [-0.3, -0.25) is 4.79 Å². The first-order valence-corrected chi connectivity index (χ1v) is 9.18. The van der Waals surface area contributed by atoms with Crippen molar-refractivity contribution in [2.45, 2.75) is 12.5 Å². The molecule has 29 heavy (non-hydrogen) atoms. The van der Waals surface area contributed by atoms with Crippen LogP contribution in [0.5, 0.6) is 11.5 Å². The Hall–Kier alpha value is -3.64. The number of hydrazone groups is 1. The second-order valence-electron chi connectivity index (χ2n) is 6.30. The zero-order valence-corrected chi connectivity index (χ0v) is 15.9. The molecule has 0 fully saturated rings. The average Bonchev–Trinajstić information content (AvgIpc) is 2.76. The van der Waals surface area contributed by atoms with Gasteiger partial charge < -0.3 is 14.9 Å². The van der Waals surface area contributed by atoms with Gasteiger partial charge in [-0.05, 0) is 30.2 Å². The predicted molar refractivity (Wildman–Crippen MR) is 111 cm³/mol. The minimum Gasteiger partial charge on any atom is -0.507 e. The van der Waals surface area contributed by atoms with Crippen molar-refractivity contribution in [2.75, 3.05) is 6.61 Å². The number of phenolic OH excluding ortho intramolecular Hbond substituents is 1. The number of aliphatic hydroxyl groups is 1. The number of aromatic hydroxyl groups is 1. The van der Waals surface area contributed by atoms with Crippen molar-refractivity contribution in [3.8, 4) is 11.5 Å². The number of phenols is 1. The molecule has 6 heteroatoms. The van der Waals surface area contributed by atoms with Crippen molar-refractivity contribution in [1.29, 1.82) is 0 Å². The van der Waals surface area contributed by atoms with Crippen molar-refractivity contribution in [2.24, 2.45) is 5.10 Å². The molecule has 0 heterocycles. The fourth-order valence-corrected chi connectivity index (χ4v) is 2.92. The van der Waals surface area contributed by atoms with Gasteiger partial charge in [-0.25, -0.2) is 5.43 Å². The van der Waals surface area contributed by atoms with Crippen LogP contribution < -0.4 is 10.2 Å². The van der Waals surface area contributed by atoms with E-state index in [2.05, 4.69) is 10.5 Å². The molecule has 0 saturated carbocycles. The summed E-state index contributed by atoms with van der Waals surface area (Å²) in [5.41, 5.74) is 1.70. The molecule has 0 unspecified atom stereocenters. The molecule has 0 aliphatic carbocycles. The monoisotopic (exact) mass is 390 g/mol. The van der Waals surface area contributed by atoms with Gasteiger partial charge in [0.05, 0.1) is 12.8 Å². The van der Waals surface area contributed by atoms with Gasteiger partial charge in [0.25, 0.3) is 5.91 Å². The molecule has 0 spiro atoms. The molecule has 3 N–H and O–H groups in total. The van der Waals surface area contributed by atoms with Crippen LogP contribution in [0.1, 0.15) is 23.6 Å². The number of hydrogen-bond acceptors (Lipinski definition) is 5. The minimum absolute atomic E-state index is 0.0321. The molecule has 3 rings (SSSR count). The van der Waals surface area contributed by atoms with Gasteiger partial charge in [-0.15, -0.1) is 0 Å². The van der Waals surface area contributed by atoms with Crippen molar-refractivity contribution >= 4 is 12.1 Å². The van der Waals surface area contributed by atoms with Crippen LogP contribution in [-0.2, 0) is 10.4 Å². The van der Waals surface area contributed by atoms with Crippen LogP contribution >= 0.6 is 0 Å². The molecule has 6 nitrogen and oxygen atoms in total. The van der Waals surface area contributed by atoms with Crippen molar-refractivity contribution in [3.05, 3.63) is 95.6 Å². The smallest absolute Gasteiger partial charge is 0.281 e. The highest BCUT2D eigenvalue weighted by Crippen LogP contribution is 2.30. The maximum Gasteiger partial charge on any atom is 0.281 e. The Kier molecular flexibility index (Phi) is 6.26. The van der Waals surface area contributed by atoms with E-state index >= 15 is 0 Å². The van der Waals surface area contributed by atoms with Crippen LogP contribution in [0.2, 0.25) is 0 Å². The lowest BCUT2D eigenvalue weighted by Crippen LogP contribution is -2.43. The summed E-state index contributed by atoms with van der Waals surface area (Å²) in [6, 6.07) is 22.1. The van der Waals surface area contributed by atoms with E-state index in [0.29, 0.717) is 29.0 Å². The topological polar surface area (TPSA) is 91.2 Å². The Labute approximate surface area is 169 Å². The lowest BCUT2D eigenvalue weighted by molar-refractivity contribution is -0.136. The molecule has 0 aromatic heterocycles. The Bertz CT molecular complexity index is 949. The number of benzene rings is 3. The number of rotatable bonds is 7. The number of hydrogen-bond donors (Lipinski definition) is 3. The van der Waals surface area contributed by atoms with E-state index in [-0.39, 0.29) is 5.75 Å². The summed E-state index contributed by atoms with van der Waals surface area (Å²) in [4.78, 5) is 12.9. The quantitative estimate of drug-likeness (QED) is 0.427. The maximum absolute atomic E-state index is 12.9. The van der Waals surface area contributed by atoms with Gasteiger partial charge in [0.2, 0.25) is 0 Å². The van der Waals surface area contributed by atoms with Gasteiger partial charge >= 0.3 is 0 Å². The first-order valence-electron chi connectivity index (χ1n) is 9.18. The van der Waals surface area contributed by atoms with Crippen molar-refractivity contribution in [1.82, 2.24) is 5.43 Å². The lowest BCUT2D eigenvalue weighted by Gasteiger charge is -2.27. The Morgan fingerprint density at radius 1 is 1.03 bits per heavy atom. The Balaban J connectivity index is 1.84. The molecule has 148 valence electrons. The fraction of sp³-hybridized carbons (Fsp3) is 0.130. The summed E-state index contributed by atoms with van der Waals surface area (Å²) in [5.74, 6) is -0.208. The third-order valence-corrected chi connectivity index (χ3v) is 4.39. The average molecular weight is 390 g/mol. The zero-order chi connectivity index (χ0) is 20.7. The summed E-state index contributed by atoms with van der Waals surface area (Å²) < 4.78 is 5.32. The fourth-order valence-electron chi connectivity index (χ4n) is 2.92. The van der Waals surface area contributed by atoms with Gasteiger partial charge in [0, 0.05) is 11.6 Å². The van der Waals surface area contributed by atoms with Crippen LogP contribution in [0, 0.1) is 0 Å². The third kappa shape index (κ3) is 4.44. The van der Waals surface area contributed by atoms with Gasteiger partial charge in [-0.1, -0.05) is 60.7 Å². The van der Waals surface area contributed by atoms with E-state index in [1.807, 2.05) is 6.92 Å². The standard InChI is InChI=1S/C23H22N2O4/c1-2-29-20-14-13-17(21(26)15-20)16-24-25-22(27)23(28,18-9-5-3-6-10-18)19-11-7-4-8-12-19/h3-16,26,28H,2H2,1H3,(H,25,27)/b24-16+. The van der Waals surface area contributed by atoms with E-state index < -0.39 is 11.5 Å². The molecule has 3 aromatic rings. The molecule has 0 bridgehead atoms. The van der Waals surface area contributed by atoms with E-state index in [1.165, 1.54) is 12.3 Å². The highest BCUT2D eigenvalue weighted by Gasteiger charge is 2.39. The summed E-state index contributed by atoms with van der Waals surface area (Å²) in [5, 5.41) is 25.3. The number of nitrogens with zero attached hydrogens (tertiary/aromatic N) is 1. The summed E-state index contributed by atoms with van der Waals surface area (Å²) in [6.07, 6.45) is 1.30. The van der Waals surface area contributed by atoms with Gasteiger partial charge in [-0.2, -0.15) is 5.10 Å². The molecule has 3 aromatic carbocycles. The van der Waals surface area contributed by atoms with Crippen LogP contribution in [-0.4, -0.2) is 28.9 Å².